The third-order valence-electron chi connectivity index (χ3n) is 4.28. The molecule has 28 heavy (non-hydrogen) atoms. The van der Waals surface area contributed by atoms with E-state index in [2.05, 4.69) is 10.3 Å². The quantitative estimate of drug-likeness (QED) is 0.462. The van der Waals surface area contributed by atoms with Gasteiger partial charge in [-0.05, 0) is 44.5 Å². The Morgan fingerprint density at radius 2 is 1.64 bits per heavy atom. The highest BCUT2D eigenvalue weighted by Gasteiger charge is 2.19. The maximum atomic E-state index is 12.9. The zero-order chi connectivity index (χ0) is 20.1. The second-order valence-electron chi connectivity index (χ2n) is 6.66. The van der Waals surface area contributed by atoms with Crippen LogP contribution in [0.15, 0.2) is 65.7 Å². The summed E-state index contributed by atoms with van der Waals surface area (Å²) in [6, 6.07) is 18.7. The number of Topliss-reactive ketones (excluding diaryl/α,β-unsaturated/α-hetero) is 1. The maximum absolute atomic E-state index is 12.9. The molecule has 1 amide bonds. The van der Waals surface area contributed by atoms with Crippen LogP contribution in [0.4, 0.5) is 5.69 Å². The van der Waals surface area contributed by atoms with Gasteiger partial charge >= 0.3 is 0 Å². The lowest BCUT2D eigenvalue weighted by Crippen LogP contribution is -2.16. The molecule has 1 aromatic heterocycles. The summed E-state index contributed by atoms with van der Waals surface area (Å²) in [5.41, 5.74) is 4.68. The molecule has 142 valence electrons. The molecule has 1 heterocycles. The molecule has 0 radical (unpaired) electrons. The molecule has 1 N–H and O–H groups in total. The van der Waals surface area contributed by atoms with Gasteiger partial charge in [0.05, 0.1) is 11.3 Å². The van der Waals surface area contributed by atoms with Gasteiger partial charge in [-0.3, -0.25) is 9.59 Å². The number of carbonyl (C=O) groups is 2. The van der Waals surface area contributed by atoms with Crippen LogP contribution < -0.4 is 5.32 Å². The fraction of sp³-hybridized carbons (Fsp3) is 0.174. The lowest BCUT2D eigenvalue weighted by Gasteiger charge is -2.13. The monoisotopic (exact) mass is 390 g/mol. The van der Waals surface area contributed by atoms with Crippen molar-refractivity contribution in [1.29, 1.82) is 0 Å². The summed E-state index contributed by atoms with van der Waals surface area (Å²) >= 11 is 1.30. The molecule has 0 aliphatic carbocycles. The Morgan fingerprint density at radius 1 is 0.964 bits per heavy atom. The summed E-state index contributed by atoms with van der Waals surface area (Å²) in [6.45, 7) is 5.78. The number of thioether (sulfide) groups is 1. The SMILES string of the molecule is Cc1ccc(NC(=O)c2c(C)cc(C)nc2SCC(=O)c2ccccc2)cc1. The molecule has 3 rings (SSSR count). The normalized spacial score (nSPS) is 10.5. The Kier molecular flexibility index (Phi) is 6.26. The predicted molar refractivity (Wildman–Crippen MR) is 114 cm³/mol. The molecule has 4 nitrogen and oxygen atoms in total. The maximum Gasteiger partial charge on any atom is 0.258 e. The van der Waals surface area contributed by atoms with Crippen molar-refractivity contribution < 1.29 is 9.59 Å². The van der Waals surface area contributed by atoms with Crippen molar-refractivity contribution in [1.82, 2.24) is 4.98 Å². The van der Waals surface area contributed by atoms with Gasteiger partial charge in [0.1, 0.15) is 5.03 Å². The van der Waals surface area contributed by atoms with E-state index in [0.717, 1.165) is 22.5 Å². The number of nitrogens with one attached hydrogen (secondary N) is 1. The Labute approximate surface area is 169 Å². The van der Waals surface area contributed by atoms with Gasteiger partial charge in [0.2, 0.25) is 0 Å². The van der Waals surface area contributed by atoms with E-state index < -0.39 is 0 Å². The number of pyridine rings is 1. The van der Waals surface area contributed by atoms with Crippen LogP contribution in [-0.2, 0) is 0 Å². The van der Waals surface area contributed by atoms with Crippen molar-refractivity contribution in [3.8, 4) is 0 Å². The largest absolute Gasteiger partial charge is 0.322 e. The number of hydrogen-bond donors (Lipinski definition) is 1. The minimum atomic E-state index is -0.219. The summed E-state index contributed by atoms with van der Waals surface area (Å²) in [7, 11) is 0. The highest BCUT2D eigenvalue weighted by Crippen LogP contribution is 2.26. The van der Waals surface area contributed by atoms with E-state index >= 15 is 0 Å². The first-order valence-electron chi connectivity index (χ1n) is 9.01. The number of nitrogens with zero attached hydrogens (tertiary/aromatic N) is 1. The number of ketones is 1. The fourth-order valence-corrected chi connectivity index (χ4v) is 3.90. The molecule has 0 saturated carbocycles. The van der Waals surface area contributed by atoms with E-state index in [4.69, 9.17) is 0 Å². The van der Waals surface area contributed by atoms with Crippen molar-refractivity contribution in [2.45, 2.75) is 25.8 Å². The number of anilines is 1. The van der Waals surface area contributed by atoms with Gasteiger partial charge in [-0.1, -0.05) is 59.8 Å². The van der Waals surface area contributed by atoms with Crippen molar-refractivity contribution in [3.63, 3.8) is 0 Å². The Bertz CT molecular complexity index is 999. The number of rotatable bonds is 6. The van der Waals surface area contributed by atoms with Crippen molar-refractivity contribution in [3.05, 3.63) is 88.6 Å². The molecule has 2 aromatic carbocycles. The summed E-state index contributed by atoms with van der Waals surface area (Å²) in [5.74, 6) is 0.0185. The van der Waals surface area contributed by atoms with E-state index in [9.17, 15) is 9.59 Å². The first-order chi connectivity index (χ1) is 13.4. The molecule has 0 spiro atoms. The topological polar surface area (TPSA) is 59.1 Å². The van der Waals surface area contributed by atoms with Crippen LogP contribution >= 0.6 is 11.8 Å². The Hall–Kier alpha value is -2.92. The second kappa shape index (κ2) is 8.85. The van der Waals surface area contributed by atoms with E-state index in [1.807, 2.05) is 69.3 Å². The van der Waals surface area contributed by atoms with Crippen LogP contribution in [0.25, 0.3) is 0 Å². The summed E-state index contributed by atoms with van der Waals surface area (Å²) in [5, 5.41) is 3.50. The molecule has 0 atom stereocenters. The predicted octanol–water partition coefficient (Wildman–Crippen LogP) is 5.23. The number of benzene rings is 2. The summed E-state index contributed by atoms with van der Waals surface area (Å²) in [6.07, 6.45) is 0. The number of aromatic nitrogens is 1. The van der Waals surface area contributed by atoms with Gasteiger partial charge in [0.15, 0.2) is 5.78 Å². The summed E-state index contributed by atoms with van der Waals surface area (Å²) in [4.78, 5) is 29.9. The minimum absolute atomic E-state index is 0.0106. The molecule has 5 heteroatoms. The first-order valence-corrected chi connectivity index (χ1v) is 10.00. The highest BCUT2D eigenvalue weighted by molar-refractivity contribution is 8.00. The van der Waals surface area contributed by atoms with Gasteiger partial charge in [0, 0.05) is 16.9 Å². The number of hydrogen-bond acceptors (Lipinski definition) is 4. The van der Waals surface area contributed by atoms with Gasteiger partial charge in [-0.15, -0.1) is 0 Å². The second-order valence-corrected chi connectivity index (χ2v) is 7.62. The van der Waals surface area contributed by atoms with Gasteiger partial charge < -0.3 is 5.32 Å². The number of carbonyl (C=O) groups excluding carboxylic acids is 2. The van der Waals surface area contributed by atoms with Gasteiger partial charge in [0.25, 0.3) is 5.91 Å². The molecule has 0 saturated heterocycles. The van der Waals surface area contributed by atoms with E-state index in [0.29, 0.717) is 16.2 Å². The zero-order valence-electron chi connectivity index (χ0n) is 16.2. The van der Waals surface area contributed by atoms with Crippen LogP contribution in [0.2, 0.25) is 0 Å². The first kappa shape index (κ1) is 19.8. The molecule has 0 fully saturated rings. The number of aryl methyl sites for hydroxylation is 3. The minimum Gasteiger partial charge on any atom is -0.322 e. The van der Waals surface area contributed by atoms with Crippen molar-refractivity contribution in [2.75, 3.05) is 11.1 Å². The van der Waals surface area contributed by atoms with E-state index in [-0.39, 0.29) is 17.4 Å². The average molecular weight is 391 g/mol. The fourth-order valence-electron chi connectivity index (χ4n) is 2.85. The van der Waals surface area contributed by atoms with Gasteiger partial charge in [-0.2, -0.15) is 0 Å². The van der Waals surface area contributed by atoms with Crippen LogP contribution in [-0.4, -0.2) is 22.4 Å². The molecular weight excluding hydrogens is 368 g/mol. The molecule has 0 aliphatic rings. The number of amides is 1. The standard InChI is InChI=1S/C23H22N2O2S/c1-15-9-11-19(12-10-15)25-22(27)21-16(2)13-17(3)24-23(21)28-14-20(26)18-7-5-4-6-8-18/h4-13H,14H2,1-3H3,(H,25,27). The average Bonchev–Trinajstić information content (AvgIpc) is 2.68. The zero-order valence-corrected chi connectivity index (χ0v) is 17.0. The third-order valence-corrected chi connectivity index (χ3v) is 5.26. The van der Waals surface area contributed by atoms with E-state index in [1.54, 1.807) is 12.1 Å². The highest BCUT2D eigenvalue weighted by atomic mass is 32.2. The Balaban J connectivity index is 1.81. The van der Waals surface area contributed by atoms with Crippen molar-refractivity contribution >= 4 is 29.1 Å². The summed E-state index contributed by atoms with van der Waals surface area (Å²) < 4.78 is 0. The van der Waals surface area contributed by atoms with Crippen LogP contribution in [0.1, 0.15) is 37.5 Å². The molecule has 0 aliphatic heterocycles. The van der Waals surface area contributed by atoms with Crippen LogP contribution in [0.5, 0.6) is 0 Å². The van der Waals surface area contributed by atoms with Crippen molar-refractivity contribution in [2.24, 2.45) is 0 Å². The lowest BCUT2D eigenvalue weighted by molar-refractivity contribution is 0.101. The lowest BCUT2D eigenvalue weighted by atomic mass is 10.1. The Morgan fingerprint density at radius 3 is 2.32 bits per heavy atom. The van der Waals surface area contributed by atoms with Gasteiger partial charge in [-0.25, -0.2) is 4.98 Å². The third kappa shape index (κ3) is 4.87. The molecule has 0 unspecified atom stereocenters. The van der Waals surface area contributed by atoms with Crippen LogP contribution in [0, 0.1) is 20.8 Å². The molecule has 3 aromatic rings. The molecule has 0 bridgehead atoms. The van der Waals surface area contributed by atoms with E-state index in [1.165, 1.54) is 11.8 Å². The smallest absolute Gasteiger partial charge is 0.258 e. The molecular formula is C23H22N2O2S. The van der Waals surface area contributed by atoms with Crippen LogP contribution in [0.3, 0.4) is 0 Å².